The highest BCUT2D eigenvalue weighted by molar-refractivity contribution is 7.23. The molecule has 2 N–H and O–H groups in total. The predicted octanol–water partition coefficient (Wildman–Crippen LogP) is 3.32. The maximum atomic E-state index is 13.7. The van der Waals surface area contributed by atoms with E-state index in [-0.39, 0.29) is 5.75 Å². The number of alkyl halides is 2. The molecule has 2 unspecified atom stereocenters. The summed E-state index contributed by atoms with van der Waals surface area (Å²) in [5.41, 5.74) is 1.23. The van der Waals surface area contributed by atoms with Crippen LogP contribution in [0.2, 0.25) is 0 Å². The Balaban J connectivity index is 1.60. The van der Waals surface area contributed by atoms with E-state index in [2.05, 4.69) is 20.2 Å². The highest BCUT2D eigenvalue weighted by Gasteiger charge is 2.35. The zero-order valence-electron chi connectivity index (χ0n) is 14.8. The molecule has 2 bridgehead atoms. The number of benzene rings is 1. The highest BCUT2D eigenvalue weighted by atomic mass is 32.1. The van der Waals surface area contributed by atoms with Gasteiger partial charge in [0.15, 0.2) is 10.9 Å². The first-order valence-electron chi connectivity index (χ1n) is 9.04. The van der Waals surface area contributed by atoms with Crippen molar-refractivity contribution in [1.29, 1.82) is 0 Å². The van der Waals surface area contributed by atoms with E-state index in [9.17, 15) is 8.78 Å². The molecule has 2 aliphatic heterocycles. The predicted molar refractivity (Wildman–Crippen MR) is 106 cm³/mol. The van der Waals surface area contributed by atoms with Gasteiger partial charge in [0.25, 0.3) is 0 Å². The summed E-state index contributed by atoms with van der Waals surface area (Å²) in [6, 6.07) is 4.10. The fraction of sp³-hybridized carbons (Fsp3) is 0.444. The molecule has 4 heterocycles. The van der Waals surface area contributed by atoms with Gasteiger partial charge in [0.1, 0.15) is 17.1 Å². The topological polar surface area (TPSA) is 70.5 Å². The largest absolute Gasteiger partial charge is 0.428 e. The van der Waals surface area contributed by atoms with Crippen LogP contribution in [0.25, 0.3) is 20.8 Å². The average molecular weight is 424 g/mol. The van der Waals surface area contributed by atoms with Crippen LogP contribution in [0.5, 0.6) is 5.75 Å². The van der Waals surface area contributed by atoms with E-state index in [1.807, 2.05) is 5.38 Å². The van der Waals surface area contributed by atoms with Crippen LogP contribution in [-0.4, -0.2) is 53.0 Å². The van der Waals surface area contributed by atoms with Crippen molar-refractivity contribution in [3.8, 4) is 16.3 Å². The average Bonchev–Trinajstić information content (AvgIpc) is 3.42. The lowest BCUT2D eigenvalue weighted by Crippen LogP contribution is -2.51. The lowest BCUT2D eigenvalue weighted by atomic mass is 10.2. The van der Waals surface area contributed by atoms with Gasteiger partial charge < -0.3 is 20.1 Å². The number of hydrogen-bond donors (Lipinski definition) is 2. The van der Waals surface area contributed by atoms with Gasteiger partial charge in [-0.05, 0) is 25.0 Å². The highest BCUT2D eigenvalue weighted by Crippen LogP contribution is 2.43. The number of aliphatic hydroxyl groups is 1. The van der Waals surface area contributed by atoms with Crippen LogP contribution in [0, 0.1) is 0 Å². The Kier molecular flexibility index (Phi) is 4.46. The van der Waals surface area contributed by atoms with Gasteiger partial charge in [-0.3, -0.25) is 0 Å². The number of nitrogens with zero attached hydrogens (tertiary/aromatic N) is 3. The van der Waals surface area contributed by atoms with E-state index in [0.29, 0.717) is 17.6 Å². The first-order chi connectivity index (χ1) is 13.5. The van der Waals surface area contributed by atoms with E-state index < -0.39 is 12.7 Å². The van der Waals surface area contributed by atoms with Crippen molar-refractivity contribution < 1.29 is 18.6 Å². The van der Waals surface area contributed by atoms with Crippen molar-refractivity contribution >= 4 is 38.0 Å². The third-order valence-electron chi connectivity index (χ3n) is 5.09. The molecule has 1 aromatic carbocycles. The molecule has 0 amide bonds. The third-order valence-corrected chi connectivity index (χ3v) is 7.04. The summed E-state index contributed by atoms with van der Waals surface area (Å²) in [5.74, 6) is -0.0324. The summed E-state index contributed by atoms with van der Waals surface area (Å²) in [4.78, 5) is 11.3. The normalized spacial score (nSPS) is 22.2. The van der Waals surface area contributed by atoms with Gasteiger partial charge in [-0.2, -0.15) is 8.78 Å². The summed E-state index contributed by atoms with van der Waals surface area (Å²) in [6.07, 6.45) is 0.348. The number of nitrogens with one attached hydrogen (secondary N) is 1. The molecule has 0 saturated carbocycles. The maximum absolute atomic E-state index is 13.7. The van der Waals surface area contributed by atoms with Crippen molar-refractivity contribution in [3.05, 3.63) is 23.7 Å². The Morgan fingerprint density at radius 1 is 1.29 bits per heavy atom. The number of hydrogen-bond acceptors (Lipinski definition) is 8. The summed E-state index contributed by atoms with van der Waals surface area (Å²) in [6.45, 7) is 0.318. The molecular weight excluding hydrogens is 406 g/mol. The molecule has 2 aliphatic rings. The number of aliphatic hydroxyl groups excluding tert-OH is 1. The van der Waals surface area contributed by atoms with Crippen molar-refractivity contribution in [2.24, 2.45) is 0 Å². The van der Waals surface area contributed by atoms with Gasteiger partial charge in [0.2, 0.25) is 0 Å². The van der Waals surface area contributed by atoms with E-state index in [0.717, 1.165) is 46.3 Å². The third kappa shape index (κ3) is 3.24. The molecule has 2 fully saturated rings. The maximum Gasteiger partial charge on any atom is 0.421 e. The van der Waals surface area contributed by atoms with E-state index >= 15 is 0 Å². The van der Waals surface area contributed by atoms with Crippen molar-refractivity contribution in [2.75, 3.05) is 24.6 Å². The number of anilines is 1. The first kappa shape index (κ1) is 18.2. The number of rotatable bonds is 5. The van der Waals surface area contributed by atoms with Crippen molar-refractivity contribution in [1.82, 2.24) is 15.3 Å². The number of thiazole rings is 2. The van der Waals surface area contributed by atoms with Crippen LogP contribution in [0.15, 0.2) is 23.7 Å². The number of fused-ring (bicyclic) bond motifs is 3. The van der Waals surface area contributed by atoms with Gasteiger partial charge in [0.05, 0.1) is 4.70 Å². The van der Waals surface area contributed by atoms with Gasteiger partial charge in [-0.15, -0.1) is 11.3 Å². The lowest BCUT2D eigenvalue weighted by Gasteiger charge is -2.32. The Morgan fingerprint density at radius 3 is 2.75 bits per heavy atom. The summed E-state index contributed by atoms with van der Waals surface area (Å²) in [7, 11) is 0. The molecule has 28 heavy (non-hydrogen) atoms. The van der Waals surface area contributed by atoms with Crippen LogP contribution in [0.1, 0.15) is 12.8 Å². The Hall–Kier alpha value is -1.88. The van der Waals surface area contributed by atoms with Crippen LogP contribution < -0.4 is 15.0 Å². The zero-order chi connectivity index (χ0) is 19.3. The number of ether oxygens (including phenoxy) is 1. The zero-order valence-corrected chi connectivity index (χ0v) is 16.4. The summed E-state index contributed by atoms with van der Waals surface area (Å²) < 4.78 is 32.9. The van der Waals surface area contributed by atoms with Crippen LogP contribution in [0.3, 0.4) is 0 Å². The number of piperazine rings is 1. The Morgan fingerprint density at radius 2 is 2.07 bits per heavy atom. The quantitative estimate of drug-likeness (QED) is 0.655. The second-order valence-corrected chi connectivity index (χ2v) is 8.94. The van der Waals surface area contributed by atoms with Crippen molar-refractivity contribution in [2.45, 2.75) is 31.0 Å². The monoisotopic (exact) mass is 424 g/mol. The molecule has 6 nitrogen and oxygen atoms in total. The minimum Gasteiger partial charge on any atom is -0.428 e. The minimum absolute atomic E-state index is 0.0324. The Labute approximate surface area is 167 Å². The summed E-state index contributed by atoms with van der Waals surface area (Å²) in [5, 5.41) is 16.0. The molecule has 0 aliphatic carbocycles. The van der Waals surface area contributed by atoms with Crippen LogP contribution >= 0.6 is 22.7 Å². The summed E-state index contributed by atoms with van der Waals surface area (Å²) >= 11 is 2.96. The molecule has 2 saturated heterocycles. The second-order valence-electron chi connectivity index (χ2n) is 7.06. The lowest BCUT2D eigenvalue weighted by molar-refractivity contribution is -0.200. The standard InChI is InChI=1S/C18H18F2N4O2S2/c19-18(20,9-25)26-13-4-3-12(16-21-5-6-27-16)15-14(13)23-17(28-15)24-7-10-1-2-11(8-24)22-10/h3-6,10-11,22,25H,1-2,7-9H2. The Bertz CT molecular complexity index is 983. The van der Waals surface area contributed by atoms with Crippen LogP contribution in [-0.2, 0) is 0 Å². The molecular formula is C18H18F2N4O2S2. The van der Waals surface area contributed by atoms with Gasteiger partial charge in [-0.25, -0.2) is 9.97 Å². The molecule has 2 atom stereocenters. The molecule has 148 valence electrons. The van der Waals surface area contributed by atoms with E-state index in [1.54, 1.807) is 12.3 Å². The second kappa shape index (κ2) is 6.87. The number of aromatic nitrogens is 2. The minimum atomic E-state index is -3.66. The van der Waals surface area contributed by atoms with Gasteiger partial charge in [0, 0.05) is 42.3 Å². The first-order valence-corrected chi connectivity index (χ1v) is 10.7. The fourth-order valence-corrected chi connectivity index (χ4v) is 5.71. The molecule has 0 radical (unpaired) electrons. The van der Waals surface area contributed by atoms with Crippen LogP contribution in [0.4, 0.5) is 13.9 Å². The molecule has 5 rings (SSSR count). The molecule has 3 aromatic rings. The SMILES string of the molecule is OCC(F)(F)Oc1ccc(-c2nccs2)c2sc(N3CC4CCC(C3)N4)nc12. The number of halogens is 2. The molecule has 10 heteroatoms. The van der Waals surface area contributed by atoms with Crippen molar-refractivity contribution in [3.63, 3.8) is 0 Å². The smallest absolute Gasteiger partial charge is 0.421 e. The molecule has 2 aromatic heterocycles. The fourth-order valence-electron chi connectivity index (χ4n) is 3.86. The van der Waals surface area contributed by atoms with E-state index in [4.69, 9.17) is 9.84 Å². The van der Waals surface area contributed by atoms with E-state index in [1.165, 1.54) is 28.7 Å². The molecule has 0 spiro atoms. The van der Waals surface area contributed by atoms with Gasteiger partial charge in [-0.1, -0.05) is 11.3 Å². The van der Waals surface area contributed by atoms with Gasteiger partial charge >= 0.3 is 6.11 Å².